The van der Waals surface area contributed by atoms with Crippen molar-refractivity contribution in [2.75, 3.05) is 16.9 Å². The van der Waals surface area contributed by atoms with Crippen molar-refractivity contribution in [1.82, 2.24) is 4.90 Å². The second-order valence-electron chi connectivity index (χ2n) is 4.64. The first-order valence-corrected chi connectivity index (χ1v) is 7.43. The van der Waals surface area contributed by atoms with Crippen LogP contribution in [0, 0.1) is 5.82 Å². The third-order valence-corrected chi connectivity index (χ3v) is 4.00. The lowest BCUT2D eigenvalue weighted by molar-refractivity contribution is -0.162. The highest BCUT2D eigenvalue weighted by atomic mass is 32.2. The van der Waals surface area contributed by atoms with Gasteiger partial charge in [0.05, 0.1) is 11.6 Å². The first-order chi connectivity index (χ1) is 10.3. The Hall–Kier alpha value is -1.77. The molecule has 1 aromatic carbocycles. The number of carbonyl (C=O) groups excluding carboxylic acids is 2. The van der Waals surface area contributed by atoms with E-state index in [0.717, 1.165) is 11.0 Å². The Kier molecular flexibility index (Phi) is 4.94. The van der Waals surface area contributed by atoms with E-state index >= 15 is 0 Å². The van der Waals surface area contributed by atoms with Crippen molar-refractivity contribution in [2.24, 2.45) is 0 Å². The molecule has 2 amide bonds. The van der Waals surface area contributed by atoms with E-state index in [0.29, 0.717) is 0 Å². The molecule has 0 radical (unpaired) electrons. The van der Waals surface area contributed by atoms with Crippen LogP contribution in [0.2, 0.25) is 0 Å². The van der Waals surface area contributed by atoms with Crippen LogP contribution in [-0.2, 0) is 9.59 Å². The monoisotopic (exact) mass is 336 g/mol. The van der Waals surface area contributed by atoms with E-state index in [1.54, 1.807) is 0 Å². The Morgan fingerprint density at radius 2 is 2.00 bits per heavy atom. The number of thioether (sulfide) groups is 1. The minimum Gasteiger partial charge on any atom is -0.322 e. The predicted octanol–water partition coefficient (Wildman–Crippen LogP) is 2.62. The summed E-state index contributed by atoms with van der Waals surface area (Å²) in [6.07, 6.45) is -6.24. The van der Waals surface area contributed by atoms with Gasteiger partial charge < -0.3 is 10.2 Å². The maximum atomic E-state index is 13.5. The smallest absolute Gasteiger partial charge is 0.322 e. The van der Waals surface area contributed by atoms with Crippen LogP contribution < -0.4 is 5.32 Å². The van der Waals surface area contributed by atoms with Crippen LogP contribution in [0.25, 0.3) is 0 Å². The molecule has 0 unspecified atom stereocenters. The van der Waals surface area contributed by atoms with E-state index in [9.17, 15) is 27.2 Å². The van der Waals surface area contributed by atoms with Gasteiger partial charge in [-0.2, -0.15) is 13.2 Å². The van der Waals surface area contributed by atoms with Gasteiger partial charge in [-0.05, 0) is 12.1 Å². The SMILES string of the molecule is O=C(Nc1ccccc1F)[C@H]1CSCN1C(=O)CC(F)(F)F. The number of nitrogens with one attached hydrogen (secondary N) is 1. The second-order valence-corrected chi connectivity index (χ2v) is 5.64. The summed E-state index contributed by atoms with van der Waals surface area (Å²) in [5.41, 5.74) is -0.0763. The topological polar surface area (TPSA) is 49.4 Å². The third kappa shape index (κ3) is 4.12. The number of hydrogen-bond donors (Lipinski definition) is 1. The average molecular weight is 336 g/mol. The first kappa shape index (κ1) is 16.6. The van der Waals surface area contributed by atoms with Gasteiger partial charge in [0.15, 0.2) is 0 Å². The van der Waals surface area contributed by atoms with Crippen LogP contribution in [0.15, 0.2) is 24.3 Å². The van der Waals surface area contributed by atoms with E-state index in [1.807, 2.05) is 0 Å². The normalized spacial score (nSPS) is 18.4. The van der Waals surface area contributed by atoms with Gasteiger partial charge in [-0.25, -0.2) is 4.39 Å². The van der Waals surface area contributed by atoms with Crippen LogP contribution in [0.4, 0.5) is 23.2 Å². The maximum absolute atomic E-state index is 13.5. The Balaban J connectivity index is 2.05. The molecule has 4 nitrogen and oxygen atoms in total. The van der Waals surface area contributed by atoms with E-state index in [1.165, 1.54) is 30.0 Å². The first-order valence-electron chi connectivity index (χ1n) is 6.27. The molecule has 2 rings (SSSR count). The minimum absolute atomic E-state index is 0.00424. The zero-order valence-electron chi connectivity index (χ0n) is 11.2. The van der Waals surface area contributed by atoms with Crippen LogP contribution in [0.1, 0.15) is 6.42 Å². The van der Waals surface area contributed by atoms with Crippen molar-refractivity contribution < 1.29 is 27.2 Å². The lowest BCUT2D eigenvalue weighted by atomic mass is 10.2. The summed E-state index contributed by atoms with van der Waals surface area (Å²) in [6, 6.07) is 4.38. The third-order valence-electron chi connectivity index (χ3n) is 2.99. The maximum Gasteiger partial charge on any atom is 0.397 e. The van der Waals surface area contributed by atoms with Gasteiger partial charge in [-0.1, -0.05) is 12.1 Å². The van der Waals surface area contributed by atoms with Gasteiger partial charge in [-0.15, -0.1) is 11.8 Å². The van der Waals surface area contributed by atoms with Gasteiger partial charge in [0.1, 0.15) is 18.3 Å². The zero-order chi connectivity index (χ0) is 16.3. The standard InChI is InChI=1S/C13H12F4N2O2S/c14-8-3-1-2-4-9(8)18-12(21)10-6-22-7-19(10)11(20)5-13(15,16)17/h1-4,10H,5-7H2,(H,18,21)/t10-/m1/s1. The molecule has 1 aliphatic rings. The Labute approximate surface area is 127 Å². The zero-order valence-corrected chi connectivity index (χ0v) is 12.0. The van der Waals surface area contributed by atoms with E-state index in [2.05, 4.69) is 5.32 Å². The Morgan fingerprint density at radius 1 is 1.32 bits per heavy atom. The van der Waals surface area contributed by atoms with Gasteiger partial charge in [0.2, 0.25) is 11.8 Å². The number of nitrogens with zero attached hydrogens (tertiary/aromatic N) is 1. The number of benzene rings is 1. The summed E-state index contributed by atoms with van der Waals surface area (Å²) in [7, 11) is 0. The largest absolute Gasteiger partial charge is 0.397 e. The molecule has 1 heterocycles. The molecular formula is C13H12F4N2O2S. The number of alkyl halides is 3. The average Bonchev–Trinajstić information content (AvgIpc) is 2.89. The van der Waals surface area contributed by atoms with Crippen LogP contribution in [0.5, 0.6) is 0 Å². The van der Waals surface area contributed by atoms with Gasteiger partial charge >= 0.3 is 6.18 Å². The highest BCUT2D eigenvalue weighted by Crippen LogP contribution is 2.27. The summed E-state index contributed by atoms with van der Waals surface area (Å²) >= 11 is 1.17. The summed E-state index contributed by atoms with van der Waals surface area (Å²) in [6.45, 7) is 0. The number of anilines is 1. The molecule has 0 aliphatic carbocycles. The Morgan fingerprint density at radius 3 is 2.64 bits per heavy atom. The molecule has 120 valence electrons. The number of halogens is 4. The molecule has 1 atom stereocenters. The lowest BCUT2D eigenvalue weighted by Crippen LogP contribution is -2.45. The van der Waals surface area contributed by atoms with E-state index < -0.39 is 36.3 Å². The Bertz CT molecular complexity index is 579. The molecule has 1 aliphatic heterocycles. The van der Waals surface area contributed by atoms with E-state index in [4.69, 9.17) is 0 Å². The highest BCUT2D eigenvalue weighted by molar-refractivity contribution is 7.99. The quantitative estimate of drug-likeness (QED) is 0.864. The summed E-state index contributed by atoms with van der Waals surface area (Å²) in [5.74, 6) is -2.35. The molecule has 1 N–H and O–H groups in total. The fourth-order valence-corrected chi connectivity index (χ4v) is 3.14. The molecule has 0 aromatic heterocycles. The molecule has 22 heavy (non-hydrogen) atoms. The number of rotatable bonds is 3. The summed E-state index contributed by atoms with van der Waals surface area (Å²) < 4.78 is 50.3. The fraction of sp³-hybridized carbons (Fsp3) is 0.385. The molecule has 0 bridgehead atoms. The summed E-state index contributed by atoms with van der Waals surface area (Å²) in [5, 5.41) is 2.30. The van der Waals surface area contributed by atoms with Crippen molar-refractivity contribution in [2.45, 2.75) is 18.6 Å². The highest BCUT2D eigenvalue weighted by Gasteiger charge is 2.40. The summed E-state index contributed by atoms with van der Waals surface area (Å²) in [4.78, 5) is 24.6. The minimum atomic E-state index is -4.63. The van der Waals surface area contributed by atoms with Gasteiger partial charge in [-0.3, -0.25) is 9.59 Å². The van der Waals surface area contributed by atoms with Crippen molar-refractivity contribution in [3.05, 3.63) is 30.1 Å². The van der Waals surface area contributed by atoms with Crippen molar-refractivity contribution >= 4 is 29.3 Å². The number of hydrogen-bond acceptors (Lipinski definition) is 3. The number of carbonyl (C=O) groups is 2. The van der Waals surface area contributed by atoms with Gasteiger partial charge in [0.25, 0.3) is 0 Å². The molecule has 1 fully saturated rings. The molecule has 1 saturated heterocycles. The molecular weight excluding hydrogens is 324 g/mol. The fourth-order valence-electron chi connectivity index (χ4n) is 1.96. The van der Waals surface area contributed by atoms with Crippen LogP contribution in [-0.4, -0.2) is 40.6 Å². The molecule has 9 heteroatoms. The second kappa shape index (κ2) is 6.55. The lowest BCUT2D eigenvalue weighted by Gasteiger charge is -2.23. The van der Waals surface area contributed by atoms with Crippen molar-refractivity contribution in [3.8, 4) is 0 Å². The molecule has 0 saturated carbocycles. The number of amides is 2. The molecule has 1 aromatic rings. The van der Waals surface area contributed by atoms with Crippen molar-refractivity contribution in [3.63, 3.8) is 0 Å². The number of para-hydroxylation sites is 1. The predicted molar refractivity (Wildman–Crippen MR) is 73.7 cm³/mol. The van der Waals surface area contributed by atoms with Gasteiger partial charge in [0, 0.05) is 5.75 Å². The van der Waals surface area contributed by atoms with Crippen LogP contribution >= 0.6 is 11.8 Å². The van der Waals surface area contributed by atoms with E-state index in [-0.39, 0.29) is 17.3 Å². The van der Waals surface area contributed by atoms with Crippen LogP contribution in [0.3, 0.4) is 0 Å². The molecule has 0 spiro atoms. The van der Waals surface area contributed by atoms with Crippen molar-refractivity contribution in [1.29, 1.82) is 0 Å².